The number of nitrogens with zero attached hydrogens (tertiary/aromatic N) is 5. The fraction of sp³-hybridized carbons (Fsp3) is 0.400. The van der Waals surface area contributed by atoms with Crippen molar-refractivity contribution in [2.24, 2.45) is 7.05 Å². The van der Waals surface area contributed by atoms with Crippen LogP contribution >= 0.6 is 11.8 Å². The van der Waals surface area contributed by atoms with Crippen LogP contribution in [0.1, 0.15) is 11.1 Å². The predicted molar refractivity (Wildman–Crippen MR) is 86.9 cm³/mol. The molecule has 0 aliphatic carbocycles. The molecule has 0 bridgehead atoms. The number of aromatic nitrogens is 5. The maximum Gasteiger partial charge on any atom is 0.190 e. The Hall–Kier alpha value is -1.86. The van der Waals surface area contributed by atoms with Gasteiger partial charge in [-0.2, -0.15) is 0 Å². The number of hydrogen-bond donors (Lipinski definition) is 1. The van der Waals surface area contributed by atoms with Gasteiger partial charge in [-0.3, -0.25) is 0 Å². The molecule has 3 rings (SSSR count). The molecule has 1 unspecified atom stereocenters. The zero-order valence-corrected chi connectivity index (χ0v) is 13.7. The first-order valence-electron chi connectivity index (χ1n) is 7.11. The molecule has 0 saturated heterocycles. The van der Waals surface area contributed by atoms with Crippen LogP contribution in [-0.4, -0.2) is 41.3 Å². The van der Waals surface area contributed by atoms with E-state index < -0.39 is 6.10 Å². The number of benzene rings is 1. The molecule has 1 aromatic carbocycles. The second-order valence-corrected chi connectivity index (χ2v) is 6.50. The summed E-state index contributed by atoms with van der Waals surface area (Å²) in [6, 6.07) is 4.21. The molecule has 0 radical (unpaired) electrons. The second-order valence-electron chi connectivity index (χ2n) is 5.51. The van der Waals surface area contributed by atoms with E-state index in [0.29, 0.717) is 12.3 Å². The highest BCUT2D eigenvalue weighted by Crippen LogP contribution is 2.20. The van der Waals surface area contributed by atoms with E-state index in [1.54, 1.807) is 12.7 Å². The van der Waals surface area contributed by atoms with E-state index in [4.69, 9.17) is 0 Å². The van der Waals surface area contributed by atoms with Gasteiger partial charge >= 0.3 is 0 Å². The minimum Gasteiger partial charge on any atom is -0.390 e. The van der Waals surface area contributed by atoms with Crippen molar-refractivity contribution in [3.05, 3.63) is 35.9 Å². The van der Waals surface area contributed by atoms with Gasteiger partial charge in [-0.05, 0) is 37.1 Å². The van der Waals surface area contributed by atoms with E-state index in [1.165, 1.54) is 22.9 Å². The van der Waals surface area contributed by atoms with E-state index in [2.05, 4.69) is 41.2 Å². The van der Waals surface area contributed by atoms with E-state index in [-0.39, 0.29) is 0 Å². The first-order valence-corrected chi connectivity index (χ1v) is 8.10. The second kappa shape index (κ2) is 6.10. The van der Waals surface area contributed by atoms with Crippen molar-refractivity contribution in [2.75, 3.05) is 5.75 Å². The summed E-state index contributed by atoms with van der Waals surface area (Å²) in [4.78, 5) is 4.42. The van der Waals surface area contributed by atoms with E-state index >= 15 is 0 Å². The Bertz CT molecular complexity index is 794. The smallest absolute Gasteiger partial charge is 0.190 e. The zero-order chi connectivity index (χ0) is 15.7. The number of fused-ring (bicyclic) bond motifs is 1. The molecule has 22 heavy (non-hydrogen) atoms. The molecule has 7 heteroatoms. The van der Waals surface area contributed by atoms with Gasteiger partial charge < -0.3 is 14.2 Å². The average molecular weight is 317 g/mol. The summed E-state index contributed by atoms with van der Waals surface area (Å²) in [5, 5.41) is 18.9. The number of hydrogen-bond acceptors (Lipinski definition) is 5. The van der Waals surface area contributed by atoms with Gasteiger partial charge in [-0.1, -0.05) is 11.8 Å². The molecule has 0 saturated carbocycles. The summed E-state index contributed by atoms with van der Waals surface area (Å²) in [6.07, 6.45) is 2.98. The van der Waals surface area contributed by atoms with E-state index in [9.17, 15) is 5.11 Å². The molecule has 2 heterocycles. The Morgan fingerprint density at radius 3 is 2.73 bits per heavy atom. The fourth-order valence-electron chi connectivity index (χ4n) is 2.31. The predicted octanol–water partition coefficient (Wildman–Crippen LogP) is 1.93. The van der Waals surface area contributed by atoms with Gasteiger partial charge in [0.05, 0.1) is 30.0 Å². The molecule has 0 spiro atoms. The minimum atomic E-state index is -0.472. The highest BCUT2D eigenvalue weighted by molar-refractivity contribution is 7.99. The lowest BCUT2D eigenvalue weighted by atomic mass is 10.1. The van der Waals surface area contributed by atoms with Crippen LogP contribution in [-0.2, 0) is 13.6 Å². The highest BCUT2D eigenvalue weighted by atomic mass is 32.2. The van der Waals surface area contributed by atoms with Gasteiger partial charge in [0.25, 0.3) is 0 Å². The van der Waals surface area contributed by atoms with Gasteiger partial charge in [0.1, 0.15) is 6.33 Å². The van der Waals surface area contributed by atoms with Crippen molar-refractivity contribution in [1.29, 1.82) is 0 Å². The molecule has 1 atom stereocenters. The molecular weight excluding hydrogens is 298 g/mol. The summed E-state index contributed by atoms with van der Waals surface area (Å²) in [5.74, 6) is 0.567. The highest BCUT2D eigenvalue weighted by Gasteiger charge is 2.12. The molecule has 0 fully saturated rings. The average Bonchev–Trinajstić information content (AvgIpc) is 3.05. The Morgan fingerprint density at radius 1 is 1.23 bits per heavy atom. The van der Waals surface area contributed by atoms with Crippen LogP contribution in [0.3, 0.4) is 0 Å². The van der Waals surface area contributed by atoms with Crippen molar-refractivity contribution in [3.8, 4) is 0 Å². The van der Waals surface area contributed by atoms with Crippen LogP contribution in [0.15, 0.2) is 29.9 Å². The Balaban J connectivity index is 1.70. The van der Waals surface area contributed by atoms with Gasteiger partial charge in [-0.15, -0.1) is 10.2 Å². The lowest BCUT2D eigenvalue weighted by Gasteiger charge is -2.12. The quantitative estimate of drug-likeness (QED) is 0.728. The largest absolute Gasteiger partial charge is 0.390 e. The van der Waals surface area contributed by atoms with Crippen LogP contribution in [0.4, 0.5) is 0 Å². The third kappa shape index (κ3) is 3.00. The third-order valence-corrected chi connectivity index (χ3v) is 4.90. The Kier molecular flexibility index (Phi) is 4.17. The summed E-state index contributed by atoms with van der Waals surface area (Å²) in [7, 11) is 1.89. The summed E-state index contributed by atoms with van der Waals surface area (Å²) < 4.78 is 3.85. The molecule has 3 aromatic rings. The molecule has 1 N–H and O–H groups in total. The van der Waals surface area contributed by atoms with E-state index in [1.807, 2.05) is 16.2 Å². The number of aliphatic hydroxyl groups excluding tert-OH is 1. The third-order valence-electron chi connectivity index (χ3n) is 3.72. The Morgan fingerprint density at radius 2 is 2.00 bits per heavy atom. The molecule has 2 aromatic heterocycles. The van der Waals surface area contributed by atoms with Crippen molar-refractivity contribution in [1.82, 2.24) is 24.3 Å². The molecule has 0 aliphatic heterocycles. The normalized spacial score (nSPS) is 12.9. The van der Waals surface area contributed by atoms with E-state index in [0.717, 1.165) is 16.2 Å². The first-order chi connectivity index (χ1) is 10.5. The topological polar surface area (TPSA) is 68.8 Å². The number of rotatable bonds is 5. The van der Waals surface area contributed by atoms with Crippen LogP contribution < -0.4 is 0 Å². The molecular formula is C15H19N5OS. The monoisotopic (exact) mass is 317 g/mol. The molecule has 6 nitrogen and oxygen atoms in total. The molecule has 0 amide bonds. The van der Waals surface area contributed by atoms with Crippen molar-refractivity contribution in [2.45, 2.75) is 31.7 Å². The van der Waals surface area contributed by atoms with Gasteiger partial charge in [0.15, 0.2) is 5.16 Å². The van der Waals surface area contributed by atoms with Crippen molar-refractivity contribution in [3.63, 3.8) is 0 Å². The van der Waals surface area contributed by atoms with Crippen molar-refractivity contribution < 1.29 is 5.11 Å². The SMILES string of the molecule is Cc1cc2ncn(CC(O)CSc3nncn3C)c2cc1C. The van der Waals surface area contributed by atoms with Gasteiger partial charge in [0.2, 0.25) is 0 Å². The lowest BCUT2D eigenvalue weighted by Crippen LogP contribution is -2.18. The van der Waals surface area contributed by atoms with Crippen LogP contribution in [0.5, 0.6) is 0 Å². The fourth-order valence-corrected chi connectivity index (χ4v) is 3.12. The standard InChI is InChI=1S/C15H19N5OS/c1-10-4-13-14(5-11(10)2)20(8-16-13)6-12(21)7-22-15-18-17-9-19(15)3/h4-5,8-9,12,21H,6-7H2,1-3H3. The molecule has 0 aliphatic rings. The Labute approximate surface area is 133 Å². The lowest BCUT2D eigenvalue weighted by molar-refractivity contribution is 0.179. The first kappa shape index (κ1) is 15.1. The molecule has 116 valence electrons. The number of thioether (sulfide) groups is 1. The minimum absolute atomic E-state index is 0.472. The summed E-state index contributed by atoms with van der Waals surface area (Å²) in [6.45, 7) is 4.69. The van der Waals surface area contributed by atoms with Crippen LogP contribution in [0.25, 0.3) is 11.0 Å². The zero-order valence-electron chi connectivity index (χ0n) is 12.9. The maximum atomic E-state index is 10.3. The number of imidazole rings is 1. The van der Waals surface area contributed by atoms with Crippen LogP contribution in [0.2, 0.25) is 0 Å². The number of aliphatic hydroxyl groups is 1. The number of aryl methyl sites for hydroxylation is 3. The summed E-state index contributed by atoms with van der Waals surface area (Å²) >= 11 is 1.50. The van der Waals surface area contributed by atoms with Crippen molar-refractivity contribution >= 4 is 22.8 Å². The van der Waals surface area contributed by atoms with Gasteiger partial charge in [0, 0.05) is 12.8 Å². The van der Waals surface area contributed by atoms with Gasteiger partial charge in [-0.25, -0.2) is 4.98 Å². The summed E-state index contributed by atoms with van der Waals surface area (Å²) in [5.41, 5.74) is 4.50. The van der Waals surface area contributed by atoms with Crippen LogP contribution in [0, 0.1) is 13.8 Å². The maximum absolute atomic E-state index is 10.3.